The van der Waals surface area contributed by atoms with Gasteiger partial charge >= 0.3 is 0 Å². The van der Waals surface area contributed by atoms with Crippen LogP contribution in [-0.2, 0) is 0 Å². The molecule has 0 spiro atoms. The lowest BCUT2D eigenvalue weighted by atomic mass is 9.81. The van der Waals surface area contributed by atoms with Gasteiger partial charge in [0.05, 0.1) is 17.5 Å². The third kappa shape index (κ3) is 5.23. The molecule has 1 saturated heterocycles. The fourth-order valence-corrected chi connectivity index (χ4v) is 3.31. The van der Waals surface area contributed by atoms with Crippen molar-refractivity contribution in [3.8, 4) is 11.4 Å². The fraction of sp³-hybridized carbons (Fsp3) is 0.550. The van der Waals surface area contributed by atoms with Crippen molar-refractivity contribution in [3.05, 3.63) is 35.7 Å². The molecule has 0 aliphatic carbocycles. The van der Waals surface area contributed by atoms with Gasteiger partial charge in [-0.25, -0.2) is 4.68 Å². The number of rotatable bonds is 6. The smallest absolute Gasteiger partial charge is 0.273 e. The van der Waals surface area contributed by atoms with Crippen LogP contribution in [0, 0.1) is 12.3 Å². The Bertz CT molecular complexity index is 782. The van der Waals surface area contributed by atoms with Gasteiger partial charge in [0.1, 0.15) is 5.75 Å². The Kier molecular flexibility index (Phi) is 7.43. The summed E-state index contributed by atoms with van der Waals surface area (Å²) in [5, 5.41) is 14.7. The van der Waals surface area contributed by atoms with E-state index in [0.29, 0.717) is 12.2 Å². The standard InChI is InChI=1S/C20H29N5O2.ClH/c1-14(2)27-17-7-5-16(6-8-17)25-15(3)18(23-24-25)19(26)22-13-20(4)9-11-21-12-10-20;/h5-8,14,21H,9-13H2,1-4H3,(H,22,26);1H. The van der Waals surface area contributed by atoms with E-state index in [2.05, 4.69) is 27.9 Å². The first-order valence-corrected chi connectivity index (χ1v) is 9.56. The maximum Gasteiger partial charge on any atom is 0.273 e. The van der Waals surface area contributed by atoms with E-state index in [1.165, 1.54) is 0 Å². The Hall–Kier alpha value is -2.12. The van der Waals surface area contributed by atoms with Crippen LogP contribution in [0.2, 0.25) is 0 Å². The van der Waals surface area contributed by atoms with E-state index in [9.17, 15) is 4.79 Å². The second kappa shape index (κ2) is 9.39. The Morgan fingerprint density at radius 1 is 1.29 bits per heavy atom. The molecule has 2 heterocycles. The molecule has 7 nitrogen and oxygen atoms in total. The van der Waals surface area contributed by atoms with Gasteiger partial charge in [0.2, 0.25) is 0 Å². The van der Waals surface area contributed by atoms with Crippen LogP contribution in [0.4, 0.5) is 0 Å². The number of piperidine rings is 1. The Morgan fingerprint density at radius 3 is 2.54 bits per heavy atom. The van der Waals surface area contributed by atoms with E-state index < -0.39 is 0 Å². The Labute approximate surface area is 172 Å². The predicted molar refractivity (Wildman–Crippen MR) is 112 cm³/mol. The fourth-order valence-electron chi connectivity index (χ4n) is 3.31. The summed E-state index contributed by atoms with van der Waals surface area (Å²) >= 11 is 0. The number of benzene rings is 1. The molecule has 8 heteroatoms. The minimum absolute atomic E-state index is 0. The van der Waals surface area contributed by atoms with Crippen molar-refractivity contribution >= 4 is 18.3 Å². The van der Waals surface area contributed by atoms with Crippen molar-refractivity contribution in [2.24, 2.45) is 5.41 Å². The number of halogens is 1. The van der Waals surface area contributed by atoms with Crippen molar-refractivity contribution in [2.45, 2.75) is 46.6 Å². The summed E-state index contributed by atoms with van der Waals surface area (Å²) in [6.45, 7) is 10.7. The van der Waals surface area contributed by atoms with Crippen LogP contribution in [0.15, 0.2) is 24.3 Å². The van der Waals surface area contributed by atoms with E-state index in [1.54, 1.807) is 4.68 Å². The molecule has 3 rings (SSSR count). The Morgan fingerprint density at radius 2 is 1.93 bits per heavy atom. The minimum atomic E-state index is -0.168. The molecule has 0 unspecified atom stereocenters. The zero-order valence-electron chi connectivity index (χ0n) is 17.0. The molecular formula is C20H30ClN5O2. The SMILES string of the molecule is Cc1c(C(=O)NCC2(C)CCNCC2)nnn1-c1ccc(OC(C)C)cc1.Cl. The van der Waals surface area contributed by atoms with Crippen molar-refractivity contribution in [1.29, 1.82) is 0 Å². The third-order valence-corrected chi connectivity index (χ3v) is 5.05. The normalized spacial score (nSPS) is 15.8. The summed E-state index contributed by atoms with van der Waals surface area (Å²) in [4.78, 5) is 12.6. The third-order valence-electron chi connectivity index (χ3n) is 5.05. The maximum atomic E-state index is 12.6. The molecule has 2 N–H and O–H groups in total. The van der Waals surface area contributed by atoms with Crippen molar-refractivity contribution in [2.75, 3.05) is 19.6 Å². The van der Waals surface area contributed by atoms with Crippen LogP contribution in [0.25, 0.3) is 5.69 Å². The molecule has 0 atom stereocenters. The summed E-state index contributed by atoms with van der Waals surface area (Å²) in [5.74, 6) is 0.637. The van der Waals surface area contributed by atoms with Crippen LogP contribution in [0.5, 0.6) is 5.75 Å². The molecule has 0 radical (unpaired) electrons. The zero-order chi connectivity index (χ0) is 19.4. The average Bonchev–Trinajstić information content (AvgIpc) is 3.02. The number of ether oxygens (including phenoxy) is 1. The summed E-state index contributed by atoms with van der Waals surface area (Å²) < 4.78 is 7.34. The van der Waals surface area contributed by atoms with Gasteiger partial charge in [-0.05, 0) is 76.4 Å². The van der Waals surface area contributed by atoms with E-state index in [-0.39, 0.29) is 29.8 Å². The summed E-state index contributed by atoms with van der Waals surface area (Å²) in [6, 6.07) is 7.62. The molecule has 0 saturated carbocycles. The number of carbonyl (C=O) groups excluding carboxylic acids is 1. The lowest BCUT2D eigenvalue weighted by Crippen LogP contribution is -2.43. The summed E-state index contributed by atoms with van der Waals surface area (Å²) in [6.07, 6.45) is 2.24. The number of amides is 1. The van der Waals surface area contributed by atoms with E-state index in [0.717, 1.165) is 43.1 Å². The molecule has 1 aromatic carbocycles. The van der Waals surface area contributed by atoms with Crippen molar-refractivity contribution in [1.82, 2.24) is 25.6 Å². The molecule has 2 aromatic rings. The first-order valence-electron chi connectivity index (χ1n) is 9.56. The average molecular weight is 408 g/mol. The van der Waals surface area contributed by atoms with Gasteiger partial charge in [-0.3, -0.25) is 4.79 Å². The van der Waals surface area contributed by atoms with Gasteiger partial charge in [-0.1, -0.05) is 12.1 Å². The zero-order valence-corrected chi connectivity index (χ0v) is 17.8. The van der Waals surface area contributed by atoms with Crippen LogP contribution in [0.3, 0.4) is 0 Å². The minimum Gasteiger partial charge on any atom is -0.491 e. The van der Waals surface area contributed by atoms with Crippen LogP contribution in [-0.4, -0.2) is 46.6 Å². The number of aromatic nitrogens is 3. The van der Waals surface area contributed by atoms with Crippen LogP contribution < -0.4 is 15.4 Å². The molecule has 1 fully saturated rings. The summed E-state index contributed by atoms with van der Waals surface area (Å²) in [5.41, 5.74) is 2.08. The van der Waals surface area contributed by atoms with Gasteiger partial charge in [-0.2, -0.15) is 0 Å². The molecule has 1 aliphatic rings. The van der Waals surface area contributed by atoms with E-state index >= 15 is 0 Å². The lowest BCUT2D eigenvalue weighted by Gasteiger charge is -2.34. The quantitative estimate of drug-likeness (QED) is 0.769. The highest BCUT2D eigenvalue weighted by atomic mass is 35.5. The van der Waals surface area contributed by atoms with Gasteiger partial charge < -0.3 is 15.4 Å². The van der Waals surface area contributed by atoms with Gasteiger partial charge in [0, 0.05) is 6.54 Å². The Balaban J connectivity index is 0.00000280. The largest absolute Gasteiger partial charge is 0.491 e. The van der Waals surface area contributed by atoms with E-state index in [1.807, 2.05) is 45.0 Å². The van der Waals surface area contributed by atoms with Gasteiger partial charge in [0.25, 0.3) is 5.91 Å². The first-order chi connectivity index (χ1) is 12.9. The number of nitrogens with one attached hydrogen (secondary N) is 2. The topological polar surface area (TPSA) is 81.1 Å². The molecule has 0 bridgehead atoms. The van der Waals surface area contributed by atoms with Crippen LogP contribution >= 0.6 is 12.4 Å². The number of hydrogen-bond acceptors (Lipinski definition) is 5. The highest BCUT2D eigenvalue weighted by Gasteiger charge is 2.28. The molecule has 28 heavy (non-hydrogen) atoms. The monoisotopic (exact) mass is 407 g/mol. The van der Waals surface area contributed by atoms with E-state index in [4.69, 9.17) is 4.74 Å². The maximum absolute atomic E-state index is 12.6. The summed E-state index contributed by atoms with van der Waals surface area (Å²) in [7, 11) is 0. The van der Waals surface area contributed by atoms with Crippen LogP contribution in [0.1, 0.15) is 49.8 Å². The number of carbonyl (C=O) groups is 1. The van der Waals surface area contributed by atoms with Gasteiger partial charge in [0.15, 0.2) is 5.69 Å². The predicted octanol–water partition coefficient (Wildman–Crippen LogP) is 2.90. The van der Waals surface area contributed by atoms with Crippen molar-refractivity contribution < 1.29 is 9.53 Å². The number of nitrogens with zero attached hydrogens (tertiary/aromatic N) is 3. The van der Waals surface area contributed by atoms with Gasteiger partial charge in [-0.15, -0.1) is 17.5 Å². The highest BCUT2D eigenvalue weighted by Crippen LogP contribution is 2.27. The second-order valence-corrected chi connectivity index (χ2v) is 7.84. The number of hydrogen-bond donors (Lipinski definition) is 2. The molecule has 154 valence electrons. The lowest BCUT2D eigenvalue weighted by molar-refractivity contribution is 0.0916. The molecular weight excluding hydrogens is 378 g/mol. The molecule has 1 amide bonds. The van der Waals surface area contributed by atoms with Crippen molar-refractivity contribution in [3.63, 3.8) is 0 Å². The molecule has 1 aliphatic heterocycles. The molecule has 1 aromatic heterocycles. The first kappa shape index (κ1) is 22.2. The second-order valence-electron chi connectivity index (χ2n) is 7.84. The highest BCUT2D eigenvalue weighted by molar-refractivity contribution is 5.93.